The maximum atomic E-state index is 13.2. The Bertz CT molecular complexity index is 970. The number of halogens is 5. The summed E-state index contributed by atoms with van der Waals surface area (Å²) >= 11 is 23.4. The van der Waals surface area contributed by atoms with E-state index in [9.17, 15) is 17.6 Å². The number of nitrogens with zero attached hydrogens (tertiary/aromatic N) is 1. The predicted molar refractivity (Wildman–Crippen MR) is 104 cm³/mol. The molecule has 0 aromatic heterocycles. The second-order valence-corrected chi connectivity index (χ2v) is 8.70. The van der Waals surface area contributed by atoms with Gasteiger partial charge in [-0.05, 0) is 30.3 Å². The quantitative estimate of drug-likeness (QED) is 0.650. The molecule has 0 aliphatic heterocycles. The van der Waals surface area contributed by atoms with Crippen LogP contribution in [-0.4, -0.2) is 27.1 Å². The van der Waals surface area contributed by atoms with Crippen molar-refractivity contribution < 1.29 is 17.6 Å². The van der Waals surface area contributed by atoms with Crippen LogP contribution in [0.15, 0.2) is 30.3 Å². The third-order valence-electron chi connectivity index (χ3n) is 3.15. The van der Waals surface area contributed by atoms with Crippen LogP contribution < -0.4 is 9.62 Å². The van der Waals surface area contributed by atoms with Gasteiger partial charge in [-0.2, -0.15) is 0 Å². The van der Waals surface area contributed by atoms with Crippen molar-refractivity contribution in [3.05, 3.63) is 56.2 Å². The Morgan fingerprint density at radius 2 is 1.65 bits per heavy atom. The number of hydrogen-bond acceptors (Lipinski definition) is 3. The molecular formula is C15H11Cl4FN2O3S. The second-order valence-electron chi connectivity index (χ2n) is 5.16. The van der Waals surface area contributed by atoms with Crippen LogP contribution in [0.1, 0.15) is 0 Å². The number of carbonyl (C=O) groups excluding carboxylic acids is 1. The molecule has 2 rings (SSSR count). The number of hydrogen-bond donors (Lipinski definition) is 1. The third-order valence-corrected chi connectivity index (χ3v) is 5.59. The van der Waals surface area contributed by atoms with E-state index >= 15 is 0 Å². The molecule has 0 saturated carbocycles. The standard InChI is InChI=1S/C15H11Cl4FN2O3S/c1-26(24,25)22(14-6-10(17)9(16)5-12(14)19)7-15(23)21-8-2-3-13(20)11(18)4-8/h2-6H,7H2,1H3,(H,21,23). The molecule has 11 heteroatoms. The Balaban J connectivity index is 2.30. The van der Waals surface area contributed by atoms with Gasteiger partial charge in [-0.3, -0.25) is 9.10 Å². The molecule has 1 N–H and O–H groups in total. The first-order valence-corrected chi connectivity index (χ1v) is 10.2. The van der Waals surface area contributed by atoms with Crippen LogP contribution in [0.2, 0.25) is 20.1 Å². The van der Waals surface area contributed by atoms with E-state index in [4.69, 9.17) is 46.4 Å². The lowest BCUT2D eigenvalue weighted by molar-refractivity contribution is -0.114. The zero-order valence-corrected chi connectivity index (χ0v) is 16.9. The summed E-state index contributed by atoms with van der Waals surface area (Å²) in [5.74, 6) is -1.34. The van der Waals surface area contributed by atoms with Gasteiger partial charge in [0, 0.05) is 5.69 Å². The molecule has 2 aromatic carbocycles. The Labute approximate surface area is 169 Å². The molecule has 0 spiro atoms. The minimum absolute atomic E-state index is 0.00227. The summed E-state index contributed by atoms with van der Waals surface area (Å²) in [4.78, 5) is 12.2. The zero-order chi connectivity index (χ0) is 19.6. The fourth-order valence-corrected chi connectivity index (χ4v) is 3.72. The largest absolute Gasteiger partial charge is 0.324 e. The van der Waals surface area contributed by atoms with E-state index in [1.54, 1.807) is 0 Å². The lowest BCUT2D eigenvalue weighted by Crippen LogP contribution is -2.37. The van der Waals surface area contributed by atoms with Crippen LogP contribution in [0.3, 0.4) is 0 Å². The Morgan fingerprint density at radius 3 is 2.23 bits per heavy atom. The van der Waals surface area contributed by atoms with Gasteiger partial charge < -0.3 is 5.32 Å². The van der Waals surface area contributed by atoms with E-state index in [-0.39, 0.29) is 31.5 Å². The van der Waals surface area contributed by atoms with E-state index in [2.05, 4.69) is 5.32 Å². The van der Waals surface area contributed by atoms with Gasteiger partial charge in [0.2, 0.25) is 15.9 Å². The predicted octanol–water partition coefficient (Wildman–Crippen LogP) is 4.84. The summed E-state index contributed by atoms with van der Waals surface area (Å²) < 4.78 is 38.2. The second kappa shape index (κ2) is 8.19. The van der Waals surface area contributed by atoms with E-state index < -0.39 is 28.3 Å². The van der Waals surface area contributed by atoms with Crippen molar-refractivity contribution in [1.82, 2.24) is 0 Å². The molecule has 0 aliphatic carbocycles. The van der Waals surface area contributed by atoms with Crippen molar-refractivity contribution in [3.63, 3.8) is 0 Å². The summed E-state index contributed by atoms with van der Waals surface area (Å²) in [5, 5.41) is 2.46. The van der Waals surface area contributed by atoms with E-state index in [1.807, 2.05) is 0 Å². The molecule has 5 nitrogen and oxygen atoms in total. The van der Waals surface area contributed by atoms with Crippen LogP contribution in [0.5, 0.6) is 0 Å². The number of nitrogens with one attached hydrogen (secondary N) is 1. The SMILES string of the molecule is CS(=O)(=O)N(CC(=O)Nc1ccc(F)c(Cl)c1)c1cc(Cl)c(Cl)cc1Cl. The molecule has 2 aromatic rings. The molecule has 0 fully saturated rings. The molecule has 0 saturated heterocycles. The summed E-state index contributed by atoms with van der Waals surface area (Å²) in [5.41, 5.74) is 0.200. The molecule has 0 heterocycles. The van der Waals surface area contributed by atoms with Gasteiger partial charge >= 0.3 is 0 Å². The van der Waals surface area contributed by atoms with Crippen molar-refractivity contribution in [1.29, 1.82) is 0 Å². The molecule has 0 unspecified atom stereocenters. The Kier molecular flexibility index (Phi) is 6.63. The average molecular weight is 460 g/mol. The minimum atomic E-state index is -3.87. The number of benzene rings is 2. The summed E-state index contributed by atoms with van der Waals surface area (Å²) in [6, 6.07) is 6.08. The van der Waals surface area contributed by atoms with Crippen LogP contribution >= 0.6 is 46.4 Å². The highest BCUT2D eigenvalue weighted by atomic mass is 35.5. The highest BCUT2D eigenvalue weighted by Crippen LogP contribution is 2.35. The van der Waals surface area contributed by atoms with Crippen molar-refractivity contribution in [2.45, 2.75) is 0 Å². The van der Waals surface area contributed by atoms with Crippen molar-refractivity contribution in [2.75, 3.05) is 22.4 Å². The number of sulfonamides is 1. The van der Waals surface area contributed by atoms with Gasteiger partial charge in [-0.1, -0.05) is 46.4 Å². The summed E-state index contributed by atoms with van der Waals surface area (Å²) in [6.07, 6.45) is 0.911. The highest BCUT2D eigenvalue weighted by Gasteiger charge is 2.24. The van der Waals surface area contributed by atoms with E-state index in [0.29, 0.717) is 0 Å². The molecule has 0 bridgehead atoms. The van der Waals surface area contributed by atoms with Crippen molar-refractivity contribution >= 4 is 73.7 Å². The molecule has 0 aliphatic rings. The first-order chi connectivity index (χ1) is 12.0. The minimum Gasteiger partial charge on any atom is -0.324 e. The van der Waals surface area contributed by atoms with Crippen LogP contribution in [0, 0.1) is 5.82 Å². The van der Waals surface area contributed by atoms with Gasteiger partial charge in [-0.15, -0.1) is 0 Å². The molecule has 26 heavy (non-hydrogen) atoms. The maximum Gasteiger partial charge on any atom is 0.245 e. The third kappa shape index (κ3) is 5.14. The van der Waals surface area contributed by atoms with Crippen molar-refractivity contribution in [3.8, 4) is 0 Å². The highest BCUT2D eigenvalue weighted by molar-refractivity contribution is 7.92. The van der Waals surface area contributed by atoms with Crippen LogP contribution in [0.25, 0.3) is 0 Å². The molecule has 0 atom stereocenters. The smallest absolute Gasteiger partial charge is 0.245 e. The summed E-state index contributed by atoms with van der Waals surface area (Å²) in [6.45, 7) is -0.592. The van der Waals surface area contributed by atoms with Gasteiger partial charge in [0.1, 0.15) is 12.4 Å². The summed E-state index contributed by atoms with van der Waals surface area (Å²) in [7, 11) is -3.87. The number of carbonyl (C=O) groups is 1. The maximum absolute atomic E-state index is 13.2. The van der Waals surface area contributed by atoms with E-state index in [1.165, 1.54) is 24.3 Å². The topological polar surface area (TPSA) is 66.5 Å². The Morgan fingerprint density at radius 1 is 1.04 bits per heavy atom. The van der Waals surface area contributed by atoms with Crippen molar-refractivity contribution in [2.24, 2.45) is 0 Å². The molecule has 1 amide bonds. The number of rotatable bonds is 5. The first-order valence-electron chi connectivity index (χ1n) is 6.86. The first kappa shape index (κ1) is 21.1. The zero-order valence-electron chi connectivity index (χ0n) is 13.1. The lowest BCUT2D eigenvalue weighted by Gasteiger charge is -2.23. The fraction of sp³-hybridized carbons (Fsp3) is 0.133. The van der Waals surface area contributed by atoms with Gasteiger partial charge in [0.05, 0.1) is 32.0 Å². The number of anilines is 2. The normalized spacial score (nSPS) is 11.3. The van der Waals surface area contributed by atoms with Crippen LogP contribution in [-0.2, 0) is 14.8 Å². The molecule has 0 radical (unpaired) electrons. The van der Waals surface area contributed by atoms with Gasteiger partial charge in [0.25, 0.3) is 0 Å². The average Bonchev–Trinajstić information content (AvgIpc) is 2.51. The fourth-order valence-electron chi connectivity index (χ4n) is 1.99. The van der Waals surface area contributed by atoms with E-state index in [0.717, 1.165) is 16.6 Å². The molecule has 140 valence electrons. The Hall–Kier alpha value is -1.25. The van der Waals surface area contributed by atoms with Gasteiger partial charge in [0.15, 0.2) is 0 Å². The van der Waals surface area contributed by atoms with Crippen LogP contribution in [0.4, 0.5) is 15.8 Å². The van der Waals surface area contributed by atoms with Gasteiger partial charge in [-0.25, -0.2) is 12.8 Å². The lowest BCUT2D eigenvalue weighted by atomic mass is 10.3. The monoisotopic (exact) mass is 458 g/mol. The molecular weight excluding hydrogens is 449 g/mol. The number of amides is 1.